The van der Waals surface area contributed by atoms with Crippen LogP contribution in [-0.2, 0) is 10.9 Å². The molecule has 27 heavy (non-hydrogen) atoms. The molecular formula is C19H28F3N3O2. The third-order valence-electron chi connectivity index (χ3n) is 4.24. The molecule has 0 atom stereocenters. The SMILES string of the molecule is CCNc1ccc(N2CCC(NC(=O)OC(C)(C)C)CC2)c(C(F)(F)F)c1. The van der Waals surface area contributed by atoms with E-state index in [1.165, 1.54) is 6.07 Å². The molecule has 0 aliphatic carbocycles. The fourth-order valence-corrected chi connectivity index (χ4v) is 3.09. The van der Waals surface area contributed by atoms with Gasteiger partial charge in [-0.15, -0.1) is 0 Å². The molecule has 1 heterocycles. The quantitative estimate of drug-likeness (QED) is 0.791. The predicted octanol–water partition coefficient (Wildman–Crippen LogP) is 4.63. The lowest BCUT2D eigenvalue weighted by Crippen LogP contribution is -2.46. The van der Waals surface area contributed by atoms with Gasteiger partial charge in [0, 0.05) is 37.1 Å². The molecule has 152 valence electrons. The number of ether oxygens (including phenoxy) is 1. The zero-order chi connectivity index (χ0) is 20.2. The van der Waals surface area contributed by atoms with Crippen molar-refractivity contribution >= 4 is 17.5 Å². The molecule has 0 aromatic heterocycles. The topological polar surface area (TPSA) is 53.6 Å². The highest BCUT2D eigenvalue weighted by Gasteiger charge is 2.36. The Bertz CT molecular complexity index is 649. The van der Waals surface area contributed by atoms with Crippen LogP contribution in [-0.4, -0.2) is 37.4 Å². The van der Waals surface area contributed by atoms with Gasteiger partial charge in [0.25, 0.3) is 0 Å². The number of hydrogen-bond acceptors (Lipinski definition) is 4. The van der Waals surface area contributed by atoms with Gasteiger partial charge in [-0.3, -0.25) is 0 Å². The van der Waals surface area contributed by atoms with Gasteiger partial charge in [-0.05, 0) is 58.7 Å². The summed E-state index contributed by atoms with van der Waals surface area (Å²) in [5.41, 5.74) is -0.588. The first kappa shape index (κ1) is 21.2. The van der Waals surface area contributed by atoms with Gasteiger partial charge in [-0.1, -0.05) is 0 Å². The van der Waals surface area contributed by atoms with Crippen LogP contribution in [0.2, 0.25) is 0 Å². The van der Waals surface area contributed by atoms with E-state index in [0.717, 1.165) is 6.07 Å². The second kappa shape index (κ2) is 8.27. The molecule has 2 N–H and O–H groups in total. The van der Waals surface area contributed by atoms with E-state index in [1.54, 1.807) is 31.7 Å². The van der Waals surface area contributed by atoms with Crippen molar-refractivity contribution in [2.45, 2.75) is 58.4 Å². The average Bonchev–Trinajstić information content (AvgIpc) is 2.53. The number of hydrogen-bond donors (Lipinski definition) is 2. The molecule has 8 heteroatoms. The number of carbonyl (C=O) groups is 1. The lowest BCUT2D eigenvalue weighted by Gasteiger charge is -2.35. The normalized spacial score (nSPS) is 16.2. The van der Waals surface area contributed by atoms with Crippen molar-refractivity contribution in [3.05, 3.63) is 23.8 Å². The third kappa shape index (κ3) is 6.22. The maximum absolute atomic E-state index is 13.5. The first-order valence-corrected chi connectivity index (χ1v) is 9.19. The number of alkyl carbamates (subject to hydrolysis) is 1. The minimum atomic E-state index is -4.42. The maximum Gasteiger partial charge on any atom is 0.418 e. The summed E-state index contributed by atoms with van der Waals surface area (Å²) in [6.45, 7) is 8.61. The lowest BCUT2D eigenvalue weighted by molar-refractivity contribution is -0.137. The minimum Gasteiger partial charge on any atom is -0.444 e. The van der Waals surface area contributed by atoms with Gasteiger partial charge in [-0.25, -0.2) is 4.79 Å². The Hall–Kier alpha value is -2.12. The molecule has 1 saturated heterocycles. The van der Waals surface area contributed by atoms with Crippen molar-refractivity contribution < 1.29 is 22.7 Å². The zero-order valence-electron chi connectivity index (χ0n) is 16.2. The zero-order valence-corrected chi connectivity index (χ0v) is 16.2. The third-order valence-corrected chi connectivity index (χ3v) is 4.24. The molecule has 0 bridgehead atoms. The molecule has 0 radical (unpaired) electrons. The molecule has 0 saturated carbocycles. The van der Waals surface area contributed by atoms with Crippen LogP contribution in [0.25, 0.3) is 0 Å². The van der Waals surface area contributed by atoms with Gasteiger partial charge in [0.1, 0.15) is 5.60 Å². The predicted molar refractivity (Wildman–Crippen MR) is 100 cm³/mol. The Morgan fingerprint density at radius 1 is 1.22 bits per heavy atom. The van der Waals surface area contributed by atoms with E-state index >= 15 is 0 Å². The summed E-state index contributed by atoms with van der Waals surface area (Å²) in [5.74, 6) is 0. The van der Waals surface area contributed by atoms with E-state index in [1.807, 2.05) is 6.92 Å². The monoisotopic (exact) mass is 387 g/mol. The summed E-state index contributed by atoms with van der Waals surface area (Å²) in [7, 11) is 0. The van der Waals surface area contributed by atoms with Gasteiger partial charge in [0.15, 0.2) is 0 Å². The summed E-state index contributed by atoms with van der Waals surface area (Å²) < 4.78 is 45.7. The maximum atomic E-state index is 13.5. The fraction of sp³-hybridized carbons (Fsp3) is 0.632. The number of rotatable bonds is 4. The Labute approximate surface area is 158 Å². The van der Waals surface area contributed by atoms with Crippen LogP contribution in [0.4, 0.5) is 29.3 Å². The van der Waals surface area contributed by atoms with E-state index in [2.05, 4.69) is 10.6 Å². The van der Waals surface area contributed by atoms with Crippen LogP contribution < -0.4 is 15.5 Å². The van der Waals surface area contributed by atoms with Crippen LogP contribution >= 0.6 is 0 Å². The smallest absolute Gasteiger partial charge is 0.418 e. The number of benzene rings is 1. The van der Waals surface area contributed by atoms with E-state index in [0.29, 0.717) is 38.2 Å². The molecule has 1 aromatic rings. The Morgan fingerprint density at radius 2 is 1.85 bits per heavy atom. The van der Waals surface area contributed by atoms with Crippen LogP contribution in [0.15, 0.2) is 18.2 Å². The largest absolute Gasteiger partial charge is 0.444 e. The molecule has 2 rings (SSSR count). The van der Waals surface area contributed by atoms with Crippen molar-refractivity contribution in [2.24, 2.45) is 0 Å². The second-order valence-electron chi connectivity index (χ2n) is 7.67. The van der Waals surface area contributed by atoms with E-state index in [9.17, 15) is 18.0 Å². The number of halogens is 3. The number of nitrogens with zero attached hydrogens (tertiary/aromatic N) is 1. The molecule has 1 aliphatic rings. The summed E-state index contributed by atoms with van der Waals surface area (Å²) in [6, 6.07) is 4.23. The highest BCUT2D eigenvalue weighted by molar-refractivity contribution is 5.68. The van der Waals surface area contributed by atoms with Crippen LogP contribution in [0.3, 0.4) is 0 Å². The second-order valence-corrected chi connectivity index (χ2v) is 7.67. The molecule has 1 amide bonds. The first-order valence-electron chi connectivity index (χ1n) is 9.19. The molecule has 1 fully saturated rings. The molecule has 1 aromatic carbocycles. The number of piperidine rings is 1. The Balaban J connectivity index is 2.04. The molecular weight excluding hydrogens is 359 g/mol. The van der Waals surface area contributed by atoms with Crippen molar-refractivity contribution in [3.8, 4) is 0 Å². The molecule has 1 aliphatic heterocycles. The number of anilines is 2. The summed E-state index contributed by atoms with van der Waals surface area (Å²) in [4.78, 5) is 13.6. The van der Waals surface area contributed by atoms with E-state index in [-0.39, 0.29) is 11.7 Å². The van der Waals surface area contributed by atoms with Gasteiger partial charge in [0.05, 0.1) is 5.56 Å². The van der Waals surface area contributed by atoms with Crippen LogP contribution in [0.5, 0.6) is 0 Å². The standard InChI is InChI=1S/C19H28F3N3O2/c1-5-23-14-6-7-16(15(12-14)19(20,21)22)25-10-8-13(9-11-25)24-17(26)27-18(2,3)4/h6-7,12-13,23H,5,8-11H2,1-4H3,(H,24,26). The van der Waals surface area contributed by atoms with Gasteiger partial charge >= 0.3 is 12.3 Å². The highest BCUT2D eigenvalue weighted by atomic mass is 19.4. The fourth-order valence-electron chi connectivity index (χ4n) is 3.09. The Kier molecular flexibility index (Phi) is 6.49. The van der Waals surface area contributed by atoms with Crippen molar-refractivity contribution in [1.82, 2.24) is 5.32 Å². The van der Waals surface area contributed by atoms with E-state index < -0.39 is 23.4 Å². The summed E-state index contributed by atoms with van der Waals surface area (Å²) in [5, 5.41) is 5.72. The molecule has 0 spiro atoms. The first-order chi connectivity index (χ1) is 12.5. The molecule has 5 nitrogen and oxygen atoms in total. The summed E-state index contributed by atoms with van der Waals surface area (Å²) in [6.07, 6.45) is -3.80. The van der Waals surface area contributed by atoms with Gasteiger partial charge in [0.2, 0.25) is 0 Å². The molecule has 0 unspecified atom stereocenters. The van der Waals surface area contributed by atoms with Gasteiger partial charge < -0.3 is 20.3 Å². The van der Waals surface area contributed by atoms with Crippen LogP contribution in [0.1, 0.15) is 46.1 Å². The summed E-state index contributed by atoms with van der Waals surface area (Å²) >= 11 is 0. The number of carbonyl (C=O) groups excluding carboxylic acids is 1. The van der Waals surface area contributed by atoms with Crippen molar-refractivity contribution in [2.75, 3.05) is 29.9 Å². The Morgan fingerprint density at radius 3 is 2.37 bits per heavy atom. The number of amides is 1. The van der Waals surface area contributed by atoms with Crippen LogP contribution in [0, 0.1) is 0 Å². The highest BCUT2D eigenvalue weighted by Crippen LogP contribution is 2.39. The average molecular weight is 387 g/mol. The lowest BCUT2D eigenvalue weighted by atomic mass is 10.0. The van der Waals surface area contributed by atoms with E-state index in [4.69, 9.17) is 4.74 Å². The minimum absolute atomic E-state index is 0.105. The van der Waals surface area contributed by atoms with Gasteiger partial charge in [-0.2, -0.15) is 13.2 Å². The number of nitrogens with one attached hydrogen (secondary N) is 2. The van der Waals surface area contributed by atoms with Crippen molar-refractivity contribution in [3.63, 3.8) is 0 Å². The number of alkyl halides is 3. The van der Waals surface area contributed by atoms with Crippen molar-refractivity contribution in [1.29, 1.82) is 0 Å².